The Kier molecular flexibility index (Phi) is 4.37. The number of hydrogen-bond donors (Lipinski definition) is 1. The summed E-state index contributed by atoms with van der Waals surface area (Å²) in [5.41, 5.74) is 3.59. The standard InChI is InChI=1S/C18H19N3O3/c1-11-17(12-6-5-7-19-10-12)21-18(20-11)13-8-15(23-3)16(24-4)9-14(13)22-2/h5-10H,1-4H3,(H,20,21). The summed E-state index contributed by atoms with van der Waals surface area (Å²) < 4.78 is 16.2. The molecular formula is C18H19N3O3. The molecule has 0 saturated heterocycles. The van der Waals surface area contributed by atoms with E-state index in [1.54, 1.807) is 39.8 Å². The van der Waals surface area contributed by atoms with Crippen LogP contribution in [-0.4, -0.2) is 36.3 Å². The molecule has 3 rings (SSSR count). The van der Waals surface area contributed by atoms with Crippen LogP contribution in [-0.2, 0) is 0 Å². The minimum atomic E-state index is 0.605. The summed E-state index contributed by atoms with van der Waals surface area (Å²) in [6, 6.07) is 7.52. The van der Waals surface area contributed by atoms with Crippen LogP contribution in [0.3, 0.4) is 0 Å². The van der Waals surface area contributed by atoms with Gasteiger partial charge in [-0.1, -0.05) is 0 Å². The summed E-state index contributed by atoms with van der Waals surface area (Å²) in [4.78, 5) is 12.1. The van der Waals surface area contributed by atoms with E-state index in [-0.39, 0.29) is 0 Å². The zero-order chi connectivity index (χ0) is 17.1. The normalized spacial score (nSPS) is 10.5. The van der Waals surface area contributed by atoms with E-state index < -0.39 is 0 Å². The summed E-state index contributed by atoms with van der Waals surface area (Å²) in [6.45, 7) is 1.95. The van der Waals surface area contributed by atoms with Gasteiger partial charge in [-0.3, -0.25) is 4.98 Å². The number of pyridine rings is 1. The van der Waals surface area contributed by atoms with E-state index in [2.05, 4.69) is 15.0 Å². The Morgan fingerprint density at radius 1 is 0.958 bits per heavy atom. The van der Waals surface area contributed by atoms with Crippen molar-refractivity contribution in [2.24, 2.45) is 0 Å². The van der Waals surface area contributed by atoms with E-state index in [4.69, 9.17) is 14.2 Å². The van der Waals surface area contributed by atoms with E-state index in [9.17, 15) is 0 Å². The second-order valence-corrected chi connectivity index (χ2v) is 5.19. The molecule has 0 bridgehead atoms. The Bertz CT molecular complexity index is 844. The number of benzene rings is 1. The number of ether oxygens (including phenoxy) is 3. The maximum absolute atomic E-state index is 5.49. The molecule has 0 saturated carbocycles. The van der Waals surface area contributed by atoms with Gasteiger partial charge in [-0.2, -0.15) is 0 Å². The molecule has 0 fully saturated rings. The monoisotopic (exact) mass is 325 g/mol. The average molecular weight is 325 g/mol. The van der Waals surface area contributed by atoms with E-state index in [0.29, 0.717) is 23.1 Å². The maximum Gasteiger partial charge on any atom is 0.164 e. The first-order chi connectivity index (χ1) is 11.7. The highest BCUT2D eigenvalue weighted by Crippen LogP contribution is 2.39. The number of H-pyrrole nitrogens is 1. The van der Waals surface area contributed by atoms with Crippen molar-refractivity contribution < 1.29 is 14.2 Å². The van der Waals surface area contributed by atoms with Gasteiger partial charge in [0.15, 0.2) is 11.5 Å². The van der Waals surface area contributed by atoms with Gasteiger partial charge in [0.2, 0.25) is 0 Å². The highest BCUT2D eigenvalue weighted by molar-refractivity contribution is 5.73. The van der Waals surface area contributed by atoms with Crippen molar-refractivity contribution in [2.75, 3.05) is 21.3 Å². The molecule has 0 radical (unpaired) electrons. The van der Waals surface area contributed by atoms with Crippen molar-refractivity contribution in [1.82, 2.24) is 15.0 Å². The van der Waals surface area contributed by atoms with Gasteiger partial charge in [0, 0.05) is 24.0 Å². The zero-order valence-corrected chi connectivity index (χ0v) is 14.1. The number of methoxy groups -OCH3 is 3. The molecule has 3 aromatic rings. The molecule has 1 aromatic carbocycles. The molecule has 2 aromatic heterocycles. The first-order valence-corrected chi connectivity index (χ1v) is 7.45. The predicted molar refractivity (Wildman–Crippen MR) is 91.6 cm³/mol. The Morgan fingerprint density at radius 3 is 2.29 bits per heavy atom. The minimum Gasteiger partial charge on any atom is -0.496 e. The molecule has 1 N–H and O–H groups in total. The van der Waals surface area contributed by atoms with E-state index >= 15 is 0 Å². The lowest BCUT2D eigenvalue weighted by Crippen LogP contribution is -1.95. The molecular weight excluding hydrogens is 306 g/mol. The third-order valence-electron chi connectivity index (χ3n) is 3.80. The van der Waals surface area contributed by atoms with E-state index in [1.165, 1.54) is 0 Å². The fourth-order valence-corrected chi connectivity index (χ4v) is 2.59. The Balaban J connectivity index is 2.13. The number of aromatic amines is 1. The smallest absolute Gasteiger partial charge is 0.164 e. The van der Waals surface area contributed by atoms with Crippen LogP contribution in [0, 0.1) is 6.92 Å². The number of imidazole rings is 1. The number of aryl methyl sites for hydroxylation is 1. The van der Waals surface area contributed by atoms with Crippen molar-refractivity contribution >= 4 is 0 Å². The quantitative estimate of drug-likeness (QED) is 0.778. The summed E-state index contributed by atoms with van der Waals surface area (Å²) in [5, 5.41) is 0. The number of hydrogen-bond acceptors (Lipinski definition) is 5. The van der Waals surface area contributed by atoms with Gasteiger partial charge >= 0.3 is 0 Å². The topological polar surface area (TPSA) is 69.3 Å². The van der Waals surface area contributed by atoms with E-state index in [1.807, 2.05) is 25.1 Å². The van der Waals surface area contributed by atoms with Crippen LogP contribution in [0.15, 0.2) is 36.7 Å². The average Bonchev–Trinajstić information content (AvgIpc) is 3.02. The molecule has 6 nitrogen and oxygen atoms in total. The molecule has 0 spiro atoms. The second-order valence-electron chi connectivity index (χ2n) is 5.19. The number of nitrogens with zero attached hydrogens (tertiary/aromatic N) is 2. The lowest BCUT2D eigenvalue weighted by atomic mass is 10.1. The first-order valence-electron chi connectivity index (χ1n) is 7.45. The fraction of sp³-hybridized carbons (Fsp3) is 0.222. The minimum absolute atomic E-state index is 0.605. The lowest BCUT2D eigenvalue weighted by Gasteiger charge is -2.12. The van der Waals surface area contributed by atoms with Gasteiger partial charge in [0.05, 0.1) is 38.3 Å². The molecule has 0 aliphatic heterocycles. The number of nitrogens with one attached hydrogen (secondary N) is 1. The summed E-state index contributed by atoms with van der Waals surface area (Å²) in [5.74, 6) is 2.57. The highest BCUT2D eigenvalue weighted by atomic mass is 16.5. The Morgan fingerprint density at radius 2 is 1.67 bits per heavy atom. The van der Waals surface area contributed by atoms with Crippen molar-refractivity contribution in [1.29, 1.82) is 0 Å². The molecule has 24 heavy (non-hydrogen) atoms. The van der Waals surface area contributed by atoms with Crippen molar-refractivity contribution in [3.05, 3.63) is 42.4 Å². The zero-order valence-electron chi connectivity index (χ0n) is 14.1. The second kappa shape index (κ2) is 6.62. The Labute approximate surface area is 140 Å². The van der Waals surface area contributed by atoms with Crippen LogP contribution in [0.2, 0.25) is 0 Å². The number of aromatic nitrogens is 3. The largest absolute Gasteiger partial charge is 0.496 e. The molecule has 0 aliphatic rings. The van der Waals surface area contributed by atoms with Gasteiger partial charge in [-0.25, -0.2) is 4.98 Å². The molecule has 124 valence electrons. The SMILES string of the molecule is COc1cc(OC)c(-c2nc(C)c(-c3cccnc3)[nH]2)cc1OC. The van der Waals surface area contributed by atoms with Crippen molar-refractivity contribution in [3.63, 3.8) is 0 Å². The lowest BCUT2D eigenvalue weighted by molar-refractivity contribution is 0.349. The van der Waals surface area contributed by atoms with Crippen LogP contribution < -0.4 is 14.2 Å². The van der Waals surface area contributed by atoms with Gasteiger partial charge in [-0.05, 0) is 25.1 Å². The van der Waals surface area contributed by atoms with Crippen LogP contribution in [0.4, 0.5) is 0 Å². The first kappa shape index (κ1) is 15.9. The fourth-order valence-electron chi connectivity index (χ4n) is 2.59. The predicted octanol–water partition coefficient (Wildman–Crippen LogP) is 3.47. The van der Waals surface area contributed by atoms with Gasteiger partial charge in [0.25, 0.3) is 0 Å². The molecule has 6 heteroatoms. The van der Waals surface area contributed by atoms with Crippen LogP contribution in [0.1, 0.15) is 5.69 Å². The molecule has 0 unspecified atom stereocenters. The highest BCUT2D eigenvalue weighted by Gasteiger charge is 2.17. The van der Waals surface area contributed by atoms with E-state index in [0.717, 1.165) is 22.5 Å². The third kappa shape index (κ3) is 2.78. The summed E-state index contributed by atoms with van der Waals surface area (Å²) >= 11 is 0. The van der Waals surface area contributed by atoms with Gasteiger partial charge in [0.1, 0.15) is 11.6 Å². The number of rotatable bonds is 5. The molecule has 2 heterocycles. The molecule has 0 aliphatic carbocycles. The Hall–Kier alpha value is -3.02. The van der Waals surface area contributed by atoms with Crippen LogP contribution in [0.25, 0.3) is 22.6 Å². The van der Waals surface area contributed by atoms with Crippen molar-refractivity contribution in [3.8, 4) is 39.9 Å². The molecule has 0 atom stereocenters. The van der Waals surface area contributed by atoms with Crippen molar-refractivity contribution in [2.45, 2.75) is 6.92 Å². The summed E-state index contributed by atoms with van der Waals surface area (Å²) in [7, 11) is 4.81. The third-order valence-corrected chi connectivity index (χ3v) is 3.80. The van der Waals surface area contributed by atoms with Crippen LogP contribution in [0.5, 0.6) is 17.2 Å². The molecule has 0 amide bonds. The maximum atomic E-state index is 5.49. The van der Waals surface area contributed by atoms with Gasteiger partial charge in [-0.15, -0.1) is 0 Å². The van der Waals surface area contributed by atoms with Gasteiger partial charge < -0.3 is 19.2 Å². The summed E-state index contributed by atoms with van der Waals surface area (Å²) in [6.07, 6.45) is 3.55. The van der Waals surface area contributed by atoms with Crippen LogP contribution >= 0.6 is 0 Å².